The third-order valence-electron chi connectivity index (χ3n) is 8.17. The van der Waals surface area contributed by atoms with Crippen LogP contribution in [0.15, 0.2) is 23.4 Å². The van der Waals surface area contributed by atoms with Crippen molar-refractivity contribution in [1.29, 1.82) is 5.26 Å². The molecule has 2 fully saturated rings. The molecule has 2 atom stereocenters. The van der Waals surface area contributed by atoms with Crippen LogP contribution in [-0.4, -0.2) is 81.8 Å². The standard InChI is InChI=1S/C34H38FN7O5S2/c1-33(2,3)46-31(43)40-29-20(14-36)22-19(10-9-11-21(22)49-29)25-24(35)26-23(28(37-25)45-7)27(39-30(38-26)48-8)41-15-17-12-13-18(16-41)42(17)32(44)47-34(4,5)6/h9-11,17-18H,12-13,15-16H2,1-8H3,(H,40,43)/t17-,18+. The van der Waals surface area contributed by atoms with Gasteiger partial charge in [0.15, 0.2) is 11.0 Å². The van der Waals surface area contributed by atoms with Crippen LogP contribution in [0.1, 0.15) is 59.9 Å². The average molecular weight is 708 g/mol. The Morgan fingerprint density at radius 2 is 1.71 bits per heavy atom. The fraction of sp³-hybridized carbons (Fsp3) is 0.471. The molecule has 0 spiro atoms. The molecule has 15 heteroatoms. The first-order valence-electron chi connectivity index (χ1n) is 15.8. The Morgan fingerprint density at radius 1 is 1.04 bits per heavy atom. The number of ether oxygens (including phenoxy) is 3. The number of hydrogen-bond donors (Lipinski definition) is 1. The molecular weight excluding hydrogens is 670 g/mol. The van der Waals surface area contributed by atoms with Crippen molar-refractivity contribution in [2.75, 3.05) is 36.7 Å². The third kappa shape index (κ3) is 6.63. The number of thiophene rings is 1. The maximum Gasteiger partial charge on any atom is 0.412 e. The molecule has 0 unspecified atom stereocenters. The summed E-state index contributed by atoms with van der Waals surface area (Å²) < 4.78 is 34.5. The van der Waals surface area contributed by atoms with Gasteiger partial charge in [0, 0.05) is 28.7 Å². The Labute approximate surface area is 291 Å². The molecule has 1 aromatic carbocycles. The Hall–Kier alpha value is -4.42. The number of fused-ring (bicyclic) bond motifs is 4. The largest absolute Gasteiger partial charge is 0.480 e. The second-order valence-corrected chi connectivity index (χ2v) is 15.8. The minimum atomic E-state index is -0.741. The van der Waals surface area contributed by atoms with Gasteiger partial charge in [0.1, 0.15) is 44.7 Å². The second kappa shape index (κ2) is 12.8. The Balaban J connectivity index is 1.45. The van der Waals surface area contributed by atoms with Gasteiger partial charge >= 0.3 is 12.2 Å². The van der Waals surface area contributed by atoms with E-state index in [4.69, 9.17) is 19.2 Å². The predicted molar refractivity (Wildman–Crippen MR) is 188 cm³/mol. The van der Waals surface area contributed by atoms with Crippen molar-refractivity contribution in [3.63, 3.8) is 0 Å². The zero-order valence-corrected chi connectivity index (χ0v) is 30.3. The third-order valence-corrected chi connectivity index (χ3v) is 9.79. The maximum absolute atomic E-state index is 16.9. The summed E-state index contributed by atoms with van der Waals surface area (Å²) in [5, 5.41) is 14.3. The first-order chi connectivity index (χ1) is 23.1. The van der Waals surface area contributed by atoms with Gasteiger partial charge in [-0.15, -0.1) is 11.3 Å². The van der Waals surface area contributed by atoms with E-state index in [2.05, 4.69) is 26.3 Å². The number of pyridine rings is 1. The van der Waals surface area contributed by atoms with Crippen LogP contribution >= 0.6 is 23.1 Å². The van der Waals surface area contributed by atoms with E-state index in [9.17, 15) is 14.9 Å². The fourth-order valence-corrected chi connectivity index (χ4v) is 7.80. The van der Waals surface area contributed by atoms with E-state index in [1.165, 1.54) is 30.2 Å². The molecule has 3 aromatic heterocycles. The Morgan fingerprint density at radius 3 is 2.31 bits per heavy atom. The molecule has 12 nitrogen and oxygen atoms in total. The van der Waals surface area contributed by atoms with E-state index in [0.29, 0.717) is 45.1 Å². The molecule has 49 heavy (non-hydrogen) atoms. The number of methoxy groups -OCH3 is 1. The van der Waals surface area contributed by atoms with Crippen molar-refractivity contribution in [3.05, 3.63) is 29.6 Å². The summed E-state index contributed by atoms with van der Waals surface area (Å²) in [6.07, 6.45) is 2.39. The number of piperazine rings is 1. The molecule has 4 aromatic rings. The number of thioether (sulfide) groups is 1. The van der Waals surface area contributed by atoms with E-state index in [1.54, 1.807) is 39.0 Å². The molecule has 0 aliphatic carbocycles. The van der Waals surface area contributed by atoms with Gasteiger partial charge in [-0.2, -0.15) is 5.26 Å². The Bertz CT molecular complexity index is 2000. The lowest BCUT2D eigenvalue weighted by molar-refractivity contribution is 0.0122. The molecular formula is C34H38FN7O5S2. The number of rotatable bonds is 5. The first-order valence-corrected chi connectivity index (χ1v) is 17.9. The molecule has 2 saturated heterocycles. The van der Waals surface area contributed by atoms with Crippen LogP contribution in [0.25, 0.3) is 32.2 Å². The molecule has 2 bridgehead atoms. The summed E-state index contributed by atoms with van der Waals surface area (Å²) in [4.78, 5) is 43.7. The lowest BCUT2D eigenvalue weighted by Gasteiger charge is -2.42. The van der Waals surface area contributed by atoms with Crippen LogP contribution in [0.5, 0.6) is 5.88 Å². The van der Waals surface area contributed by atoms with Gasteiger partial charge in [-0.3, -0.25) is 10.2 Å². The van der Waals surface area contributed by atoms with E-state index < -0.39 is 23.1 Å². The van der Waals surface area contributed by atoms with Gasteiger partial charge < -0.3 is 19.1 Å². The van der Waals surface area contributed by atoms with Crippen LogP contribution in [-0.2, 0) is 9.47 Å². The van der Waals surface area contributed by atoms with Gasteiger partial charge in [-0.1, -0.05) is 23.9 Å². The summed E-state index contributed by atoms with van der Waals surface area (Å²) >= 11 is 2.46. The molecule has 2 aliphatic rings. The van der Waals surface area contributed by atoms with Gasteiger partial charge in [0.25, 0.3) is 0 Å². The summed E-state index contributed by atoms with van der Waals surface area (Å²) in [6, 6.07) is 7.17. The van der Waals surface area contributed by atoms with E-state index in [1.807, 2.05) is 31.9 Å². The summed E-state index contributed by atoms with van der Waals surface area (Å²) in [5.74, 6) is -0.108. The van der Waals surface area contributed by atoms with Crippen molar-refractivity contribution >= 4 is 67.1 Å². The lowest BCUT2D eigenvalue weighted by atomic mass is 10.0. The number of carbonyl (C=O) groups excluding carboxylic acids is 2. The Kier molecular flexibility index (Phi) is 8.99. The number of benzene rings is 1. The molecule has 5 heterocycles. The molecule has 2 amide bonds. The van der Waals surface area contributed by atoms with Crippen LogP contribution in [0.3, 0.4) is 0 Å². The smallest absolute Gasteiger partial charge is 0.412 e. The summed E-state index contributed by atoms with van der Waals surface area (Å²) in [5.41, 5.74) is -0.885. The van der Waals surface area contributed by atoms with Crippen LogP contribution in [0.2, 0.25) is 0 Å². The van der Waals surface area contributed by atoms with E-state index in [0.717, 1.165) is 12.8 Å². The average Bonchev–Trinajstić information content (AvgIpc) is 3.51. The van der Waals surface area contributed by atoms with Gasteiger partial charge in [0.2, 0.25) is 5.88 Å². The van der Waals surface area contributed by atoms with Crippen LogP contribution in [0.4, 0.5) is 24.8 Å². The number of nitrogens with one attached hydrogen (secondary N) is 1. The normalized spacial score (nSPS) is 17.7. The first kappa shape index (κ1) is 34.4. The van der Waals surface area contributed by atoms with Crippen LogP contribution < -0.4 is 15.0 Å². The highest BCUT2D eigenvalue weighted by atomic mass is 32.2. The van der Waals surface area contributed by atoms with Crippen molar-refractivity contribution in [2.45, 2.75) is 82.8 Å². The molecule has 6 rings (SSSR count). The number of hydrogen-bond acceptors (Lipinski definition) is 12. The molecule has 258 valence electrons. The highest BCUT2D eigenvalue weighted by Gasteiger charge is 2.45. The van der Waals surface area contributed by atoms with Gasteiger partial charge in [-0.05, 0) is 66.7 Å². The molecule has 0 radical (unpaired) electrons. The number of aromatic nitrogens is 3. The second-order valence-electron chi connectivity index (χ2n) is 13.9. The zero-order valence-electron chi connectivity index (χ0n) is 28.6. The minimum Gasteiger partial charge on any atom is -0.480 e. The molecule has 0 saturated carbocycles. The van der Waals surface area contributed by atoms with Crippen molar-refractivity contribution in [3.8, 4) is 23.2 Å². The summed E-state index contributed by atoms with van der Waals surface area (Å²) in [6.45, 7) is 11.7. The fourth-order valence-electron chi connectivity index (χ4n) is 6.38. The SMILES string of the molecule is COc1nc(-c2cccc3sc(NC(=O)OC(C)(C)C)c(C#N)c23)c(F)c2nc(SC)nc(N3C[C@H]4CC[C@@H](C3)N4C(=O)OC(C)(C)C)c12. The van der Waals surface area contributed by atoms with Crippen molar-refractivity contribution < 1.29 is 28.2 Å². The topological polar surface area (TPSA) is 143 Å². The number of nitriles is 1. The monoisotopic (exact) mass is 707 g/mol. The quantitative estimate of drug-likeness (QED) is 0.162. The zero-order chi connectivity index (χ0) is 35.4. The highest BCUT2D eigenvalue weighted by Crippen LogP contribution is 2.45. The van der Waals surface area contributed by atoms with Crippen molar-refractivity contribution in [1.82, 2.24) is 19.9 Å². The minimum absolute atomic E-state index is 0.0240. The lowest BCUT2D eigenvalue weighted by Crippen LogP contribution is -2.57. The molecule has 1 N–H and O–H groups in total. The number of anilines is 2. The highest BCUT2D eigenvalue weighted by molar-refractivity contribution is 7.98. The van der Waals surface area contributed by atoms with E-state index >= 15 is 4.39 Å². The van der Waals surface area contributed by atoms with Crippen molar-refractivity contribution in [2.24, 2.45) is 0 Å². The predicted octanol–water partition coefficient (Wildman–Crippen LogP) is 7.58. The number of nitrogens with zero attached hydrogens (tertiary/aromatic N) is 6. The number of carbonyl (C=O) groups is 2. The van der Waals surface area contributed by atoms with E-state index in [-0.39, 0.29) is 45.8 Å². The number of amides is 2. The molecule has 2 aliphatic heterocycles. The van der Waals surface area contributed by atoms with Gasteiger partial charge in [-0.25, -0.2) is 28.9 Å². The summed E-state index contributed by atoms with van der Waals surface area (Å²) in [7, 11) is 1.45. The maximum atomic E-state index is 16.9. The number of halogens is 1. The van der Waals surface area contributed by atoms with Gasteiger partial charge in [0.05, 0.1) is 24.8 Å². The van der Waals surface area contributed by atoms with Crippen LogP contribution in [0, 0.1) is 17.1 Å².